The van der Waals surface area contributed by atoms with E-state index >= 15 is 0 Å². The van der Waals surface area contributed by atoms with E-state index < -0.39 is 0 Å². The van der Waals surface area contributed by atoms with Gasteiger partial charge in [-0.2, -0.15) is 0 Å². The van der Waals surface area contributed by atoms with E-state index in [0.29, 0.717) is 0 Å². The molecule has 0 saturated carbocycles. The van der Waals surface area contributed by atoms with Gasteiger partial charge in [-0.05, 0) is 50.6 Å². The number of hydrogen-bond acceptors (Lipinski definition) is 1. The van der Waals surface area contributed by atoms with Gasteiger partial charge in [-0.25, -0.2) is 0 Å². The number of anilines is 2. The fourth-order valence-electron chi connectivity index (χ4n) is 2.03. The third kappa shape index (κ3) is 2.68. The number of aryl methyl sites for hydroxylation is 2. The van der Waals surface area contributed by atoms with E-state index in [1.54, 1.807) is 0 Å². The standard InChI is InChI=1S/C16H19N/c1-4-17(15-10-8-13(2)9-11-15)16-7-5-6-14(3)12-16/h5-12H,4H2,1-3H3. The molecule has 1 nitrogen and oxygen atoms in total. The van der Waals surface area contributed by atoms with Crippen molar-refractivity contribution >= 4 is 11.4 Å². The van der Waals surface area contributed by atoms with Crippen molar-refractivity contribution in [1.82, 2.24) is 0 Å². The zero-order chi connectivity index (χ0) is 12.3. The van der Waals surface area contributed by atoms with Crippen LogP contribution in [0.4, 0.5) is 11.4 Å². The van der Waals surface area contributed by atoms with Crippen molar-refractivity contribution < 1.29 is 0 Å². The SMILES string of the molecule is CCN(c1ccc(C)cc1)c1cccc(C)c1. The molecular weight excluding hydrogens is 206 g/mol. The lowest BCUT2D eigenvalue weighted by atomic mass is 10.1. The summed E-state index contributed by atoms with van der Waals surface area (Å²) in [6, 6.07) is 17.3. The minimum absolute atomic E-state index is 0.979. The number of benzene rings is 2. The highest BCUT2D eigenvalue weighted by Gasteiger charge is 2.06. The van der Waals surface area contributed by atoms with E-state index in [0.717, 1.165) is 6.54 Å². The normalized spacial score (nSPS) is 10.3. The summed E-state index contributed by atoms with van der Waals surface area (Å²) in [6.07, 6.45) is 0. The maximum Gasteiger partial charge on any atom is 0.0413 e. The van der Waals surface area contributed by atoms with Crippen LogP contribution in [0.2, 0.25) is 0 Å². The molecule has 2 aromatic rings. The summed E-state index contributed by atoms with van der Waals surface area (Å²) in [5, 5.41) is 0. The molecule has 0 aromatic heterocycles. The summed E-state index contributed by atoms with van der Waals surface area (Å²) in [6.45, 7) is 7.41. The van der Waals surface area contributed by atoms with E-state index in [9.17, 15) is 0 Å². The first-order valence-electron chi connectivity index (χ1n) is 6.11. The Kier molecular flexibility index (Phi) is 3.48. The molecule has 0 bridgehead atoms. The molecular formula is C16H19N. The van der Waals surface area contributed by atoms with Crippen molar-refractivity contribution in [3.05, 3.63) is 59.7 Å². The predicted molar refractivity (Wildman–Crippen MR) is 75.0 cm³/mol. The van der Waals surface area contributed by atoms with Crippen LogP contribution in [-0.2, 0) is 0 Å². The second-order valence-corrected chi connectivity index (χ2v) is 4.42. The maximum absolute atomic E-state index is 2.33. The first-order chi connectivity index (χ1) is 8.20. The molecule has 0 atom stereocenters. The predicted octanol–water partition coefficient (Wildman–Crippen LogP) is 4.46. The molecule has 0 amide bonds. The fourth-order valence-corrected chi connectivity index (χ4v) is 2.03. The molecule has 0 saturated heterocycles. The van der Waals surface area contributed by atoms with Crippen LogP contribution in [0, 0.1) is 13.8 Å². The summed E-state index contributed by atoms with van der Waals surface area (Å²) in [7, 11) is 0. The number of rotatable bonds is 3. The highest BCUT2D eigenvalue weighted by molar-refractivity contribution is 5.63. The van der Waals surface area contributed by atoms with E-state index in [2.05, 4.69) is 74.2 Å². The van der Waals surface area contributed by atoms with Crippen LogP contribution in [0.3, 0.4) is 0 Å². The average Bonchev–Trinajstić information content (AvgIpc) is 2.33. The molecule has 0 fully saturated rings. The zero-order valence-electron chi connectivity index (χ0n) is 10.8. The average molecular weight is 225 g/mol. The number of hydrogen-bond donors (Lipinski definition) is 0. The van der Waals surface area contributed by atoms with Gasteiger partial charge in [0.15, 0.2) is 0 Å². The van der Waals surface area contributed by atoms with Gasteiger partial charge in [0, 0.05) is 17.9 Å². The van der Waals surface area contributed by atoms with Crippen LogP contribution >= 0.6 is 0 Å². The Labute approximate surface area is 104 Å². The summed E-state index contributed by atoms with van der Waals surface area (Å²) in [5.74, 6) is 0. The van der Waals surface area contributed by atoms with E-state index in [4.69, 9.17) is 0 Å². The van der Waals surface area contributed by atoms with Gasteiger partial charge < -0.3 is 4.90 Å². The minimum atomic E-state index is 0.979. The summed E-state index contributed by atoms with van der Waals surface area (Å²) >= 11 is 0. The van der Waals surface area contributed by atoms with Gasteiger partial charge in [-0.3, -0.25) is 0 Å². The van der Waals surface area contributed by atoms with Crippen molar-refractivity contribution in [3.8, 4) is 0 Å². The Morgan fingerprint density at radius 2 is 1.53 bits per heavy atom. The molecule has 2 rings (SSSR count). The molecule has 2 aromatic carbocycles. The van der Waals surface area contributed by atoms with Gasteiger partial charge >= 0.3 is 0 Å². The van der Waals surface area contributed by atoms with Gasteiger partial charge in [-0.15, -0.1) is 0 Å². The van der Waals surface area contributed by atoms with E-state index in [-0.39, 0.29) is 0 Å². The summed E-state index contributed by atoms with van der Waals surface area (Å²) < 4.78 is 0. The third-order valence-electron chi connectivity index (χ3n) is 2.98. The Hall–Kier alpha value is -1.76. The van der Waals surface area contributed by atoms with E-state index in [1.807, 2.05) is 0 Å². The Morgan fingerprint density at radius 3 is 2.12 bits per heavy atom. The Balaban J connectivity index is 2.36. The fraction of sp³-hybridized carbons (Fsp3) is 0.250. The third-order valence-corrected chi connectivity index (χ3v) is 2.98. The van der Waals surface area contributed by atoms with Crippen LogP contribution in [0.5, 0.6) is 0 Å². The molecule has 0 heterocycles. The number of nitrogens with zero attached hydrogens (tertiary/aromatic N) is 1. The van der Waals surface area contributed by atoms with Crippen molar-refractivity contribution in [2.45, 2.75) is 20.8 Å². The highest BCUT2D eigenvalue weighted by Crippen LogP contribution is 2.25. The molecule has 0 aliphatic heterocycles. The van der Waals surface area contributed by atoms with Crippen molar-refractivity contribution in [2.75, 3.05) is 11.4 Å². The molecule has 0 aliphatic carbocycles. The van der Waals surface area contributed by atoms with Crippen LogP contribution in [0.1, 0.15) is 18.1 Å². The molecule has 0 spiro atoms. The van der Waals surface area contributed by atoms with Gasteiger partial charge in [0.2, 0.25) is 0 Å². The molecule has 17 heavy (non-hydrogen) atoms. The van der Waals surface area contributed by atoms with Crippen molar-refractivity contribution in [3.63, 3.8) is 0 Å². The molecule has 88 valence electrons. The smallest absolute Gasteiger partial charge is 0.0413 e. The summed E-state index contributed by atoms with van der Waals surface area (Å²) in [4.78, 5) is 2.33. The first-order valence-corrected chi connectivity index (χ1v) is 6.11. The van der Waals surface area contributed by atoms with Gasteiger partial charge in [0.1, 0.15) is 0 Å². The second kappa shape index (κ2) is 5.05. The van der Waals surface area contributed by atoms with Crippen LogP contribution in [0.25, 0.3) is 0 Å². The molecule has 1 heteroatoms. The Morgan fingerprint density at radius 1 is 0.824 bits per heavy atom. The monoisotopic (exact) mass is 225 g/mol. The van der Waals surface area contributed by atoms with Gasteiger partial charge in [-0.1, -0.05) is 29.8 Å². The van der Waals surface area contributed by atoms with Crippen LogP contribution in [-0.4, -0.2) is 6.54 Å². The first kappa shape index (κ1) is 11.7. The quantitative estimate of drug-likeness (QED) is 0.745. The van der Waals surface area contributed by atoms with Crippen molar-refractivity contribution in [2.24, 2.45) is 0 Å². The lowest BCUT2D eigenvalue weighted by Gasteiger charge is -2.23. The van der Waals surface area contributed by atoms with Crippen LogP contribution < -0.4 is 4.90 Å². The molecule has 0 radical (unpaired) electrons. The van der Waals surface area contributed by atoms with Gasteiger partial charge in [0.05, 0.1) is 0 Å². The molecule has 0 N–H and O–H groups in total. The second-order valence-electron chi connectivity index (χ2n) is 4.42. The van der Waals surface area contributed by atoms with Crippen LogP contribution in [0.15, 0.2) is 48.5 Å². The topological polar surface area (TPSA) is 3.24 Å². The Bertz CT molecular complexity index is 485. The molecule has 0 aliphatic rings. The van der Waals surface area contributed by atoms with Crippen molar-refractivity contribution in [1.29, 1.82) is 0 Å². The highest BCUT2D eigenvalue weighted by atomic mass is 15.1. The lowest BCUT2D eigenvalue weighted by molar-refractivity contribution is 1.02. The van der Waals surface area contributed by atoms with Gasteiger partial charge in [0.25, 0.3) is 0 Å². The minimum Gasteiger partial charge on any atom is -0.342 e. The summed E-state index contributed by atoms with van der Waals surface area (Å²) in [5.41, 5.74) is 5.11. The molecule has 0 unspecified atom stereocenters. The zero-order valence-corrected chi connectivity index (χ0v) is 10.8. The lowest BCUT2D eigenvalue weighted by Crippen LogP contribution is -2.15. The largest absolute Gasteiger partial charge is 0.342 e. The van der Waals surface area contributed by atoms with E-state index in [1.165, 1.54) is 22.5 Å². The maximum atomic E-state index is 2.33.